The van der Waals surface area contributed by atoms with Crippen molar-refractivity contribution in [2.24, 2.45) is 0 Å². The molecule has 0 amide bonds. The molecule has 1 unspecified atom stereocenters. The molecule has 0 spiro atoms. The number of likely N-dealkylation sites (N-methyl/N-ethyl adjacent to an activating group) is 3. The van der Waals surface area contributed by atoms with Crippen LogP contribution >= 0.6 is 0 Å². The molecule has 21 heavy (non-hydrogen) atoms. The number of hydrogen-bond acceptors (Lipinski definition) is 4. The third-order valence-electron chi connectivity index (χ3n) is 5.52. The maximum atomic E-state index is 9.70. The van der Waals surface area contributed by atoms with Gasteiger partial charge in [-0.2, -0.15) is 0 Å². The zero-order valence-corrected chi connectivity index (χ0v) is 14.9. The van der Waals surface area contributed by atoms with E-state index in [1.165, 1.54) is 25.8 Å². The molecule has 0 aromatic heterocycles. The van der Waals surface area contributed by atoms with E-state index >= 15 is 0 Å². The molecule has 126 valence electrons. The van der Waals surface area contributed by atoms with Gasteiger partial charge < -0.3 is 20.2 Å². The Labute approximate surface area is 131 Å². The predicted octanol–water partition coefficient (Wildman–Crippen LogP) is 1.93. The highest BCUT2D eigenvalue weighted by Crippen LogP contribution is 2.36. The van der Waals surface area contributed by atoms with Crippen LogP contribution in [0.15, 0.2) is 0 Å². The van der Waals surface area contributed by atoms with E-state index in [4.69, 9.17) is 0 Å². The van der Waals surface area contributed by atoms with Crippen LogP contribution in [0.25, 0.3) is 0 Å². The second-order valence-electron chi connectivity index (χ2n) is 7.14. The minimum atomic E-state index is -0.0781. The molecule has 1 saturated carbocycles. The first kappa shape index (κ1) is 18.9. The summed E-state index contributed by atoms with van der Waals surface area (Å²) in [5.74, 6) is 0. The lowest BCUT2D eigenvalue weighted by Crippen LogP contribution is -2.56. The average molecular weight is 300 g/mol. The summed E-state index contributed by atoms with van der Waals surface area (Å²) in [5.41, 5.74) is 0.334. The normalized spacial score (nSPS) is 20.6. The highest BCUT2D eigenvalue weighted by molar-refractivity contribution is 4.98. The fourth-order valence-corrected chi connectivity index (χ4v) is 3.61. The van der Waals surface area contributed by atoms with Crippen molar-refractivity contribution in [3.05, 3.63) is 0 Å². The summed E-state index contributed by atoms with van der Waals surface area (Å²) in [7, 11) is 6.67. The molecular weight excluding hydrogens is 262 g/mol. The number of rotatable bonds is 11. The van der Waals surface area contributed by atoms with E-state index in [9.17, 15) is 5.11 Å². The summed E-state index contributed by atoms with van der Waals surface area (Å²) in [6.07, 6.45) is 7.21. The lowest BCUT2D eigenvalue weighted by atomic mass is 9.75. The van der Waals surface area contributed by atoms with E-state index < -0.39 is 0 Å². The van der Waals surface area contributed by atoms with Gasteiger partial charge >= 0.3 is 0 Å². The molecule has 0 aromatic carbocycles. The molecule has 0 aromatic rings. The van der Waals surface area contributed by atoms with Gasteiger partial charge in [0.15, 0.2) is 0 Å². The van der Waals surface area contributed by atoms with Crippen molar-refractivity contribution in [1.82, 2.24) is 15.1 Å². The van der Waals surface area contributed by atoms with Gasteiger partial charge in [0.1, 0.15) is 0 Å². The molecule has 1 atom stereocenters. The molecule has 0 radical (unpaired) electrons. The van der Waals surface area contributed by atoms with Crippen molar-refractivity contribution in [3.63, 3.8) is 0 Å². The third kappa shape index (κ3) is 4.92. The molecular formula is C17H37N3O. The summed E-state index contributed by atoms with van der Waals surface area (Å²) < 4.78 is 0. The lowest BCUT2D eigenvalue weighted by molar-refractivity contribution is 0.0265. The van der Waals surface area contributed by atoms with Crippen LogP contribution in [-0.4, -0.2) is 73.4 Å². The number of aliphatic hydroxyl groups excluding tert-OH is 1. The zero-order valence-electron chi connectivity index (χ0n) is 14.9. The van der Waals surface area contributed by atoms with Crippen LogP contribution in [0, 0.1) is 0 Å². The molecule has 0 aliphatic heterocycles. The van der Waals surface area contributed by atoms with E-state index in [2.05, 4.69) is 50.1 Å². The minimum absolute atomic E-state index is 0.0781. The molecule has 0 bridgehead atoms. The molecule has 4 heteroatoms. The lowest BCUT2D eigenvalue weighted by Gasteiger charge is -2.49. The molecule has 0 heterocycles. The molecule has 1 rings (SSSR count). The molecule has 1 fully saturated rings. The number of aliphatic hydroxyl groups is 1. The van der Waals surface area contributed by atoms with E-state index in [1.54, 1.807) is 0 Å². The second kappa shape index (κ2) is 8.47. The van der Waals surface area contributed by atoms with Gasteiger partial charge in [-0.3, -0.25) is 0 Å². The van der Waals surface area contributed by atoms with Crippen molar-refractivity contribution in [2.45, 2.75) is 63.5 Å². The van der Waals surface area contributed by atoms with Crippen LogP contribution in [-0.2, 0) is 0 Å². The Morgan fingerprint density at radius 1 is 1.19 bits per heavy atom. The predicted molar refractivity (Wildman–Crippen MR) is 90.8 cm³/mol. The highest BCUT2D eigenvalue weighted by Gasteiger charge is 2.39. The number of nitrogens with one attached hydrogen (secondary N) is 1. The van der Waals surface area contributed by atoms with E-state index in [-0.39, 0.29) is 12.1 Å². The first-order valence-electron chi connectivity index (χ1n) is 8.65. The van der Waals surface area contributed by atoms with Crippen molar-refractivity contribution in [1.29, 1.82) is 0 Å². The Bertz CT molecular complexity index is 286. The van der Waals surface area contributed by atoms with Gasteiger partial charge in [0.05, 0.1) is 6.61 Å². The standard InChI is InChI=1S/C17H37N3O/c1-6-16(15-21,18-7-2)10-9-13-20(5)14-17(19(3)4)11-8-12-17/h18,21H,6-15H2,1-5H3. The summed E-state index contributed by atoms with van der Waals surface area (Å²) >= 11 is 0. The maximum absolute atomic E-state index is 9.70. The van der Waals surface area contributed by atoms with Crippen LogP contribution in [0.4, 0.5) is 0 Å². The van der Waals surface area contributed by atoms with Crippen LogP contribution in [0.3, 0.4) is 0 Å². The fourth-order valence-electron chi connectivity index (χ4n) is 3.61. The minimum Gasteiger partial charge on any atom is -0.394 e. The van der Waals surface area contributed by atoms with E-state index in [1.807, 2.05) is 0 Å². The largest absolute Gasteiger partial charge is 0.394 e. The Balaban J connectivity index is 2.37. The summed E-state index contributed by atoms with van der Waals surface area (Å²) in [5, 5.41) is 13.2. The maximum Gasteiger partial charge on any atom is 0.0613 e. The van der Waals surface area contributed by atoms with Crippen LogP contribution in [0.5, 0.6) is 0 Å². The van der Waals surface area contributed by atoms with Crippen LogP contribution in [0.2, 0.25) is 0 Å². The van der Waals surface area contributed by atoms with Gasteiger partial charge in [0.25, 0.3) is 0 Å². The monoisotopic (exact) mass is 299 g/mol. The van der Waals surface area contributed by atoms with Gasteiger partial charge in [-0.25, -0.2) is 0 Å². The number of hydrogen-bond donors (Lipinski definition) is 2. The first-order valence-corrected chi connectivity index (χ1v) is 8.65. The van der Waals surface area contributed by atoms with Gasteiger partial charge in [-0.15, -0.1) is 0 Å². The average Bonchev–Trinajstić information content (AvgIpc) is 2.41. The SMILES string of the molecule is CCNC(CC)(CO)CCCN(C)CC1(N(C)C)CCC1. The second-order valence-corrected chi connectivity index (χ2v) is 7.14. The molecule has 1 aliphatic rings. The zero-order chi connectivity index (χ0) is 15.9. The smallest absolute Gasteiger partial charge is 0.0613 e. The topological polar surface area (TPSA) is 38.7 Å². The molecule has 4 nitrogen and oxygen atoms in total. The van der Waals surface area contributed by atoms with E-state index in [0.717, 1.165) is 32.4 Å². The fraction of sp³-hybridized carbons (Fsp3) is 1.00. The Morgan fingerprint density at radius 2 is 1.86 bits per heavy atom. The molecule has 1 aliphatic carbocycles. The Morgan fingerprint density at radius 3 is 2.24 bits per heavy atom. The summed E-state index contributed by atoms with van der Waals surface area (Å²) in [6, 6.07) is 0. The quantitative estimate of drug-likeness (QED) is 0.611. The van der Waals surface area contributed by atoms with Crippen molar-refractivity contribution >= 4 is 0 Å². The Kier molecular flexibility index (Phi) is 7.62. The van der Waals surface area contributed by atoms with Crippen molar-refractivity contribution in [3.8, 4) is 0 Å². The van der Waals surface area contributed by atoms with Gasteiger partial charge in [0, 0.05) is 17.6 Å². The van der Waals surface area contributed by atoms with Crippen molar-refractivity contribution in [2.75, 3.05) is 47.4 Å². The van der Waals surface area contributed by atoms with Crippen molar-refractivity contribution < 1.29 is 5.11 Å². The summed E-state index contributed by atoms with van der Waals surface area (Å²) in [4.78, 5) is 4.89. The van der Waals surface area contributed by atoms with E-state index in [0.29, 0.717) is 5.54 Å². The van der Waals surface area contributed by atoms with Gasteiger partial charge in [0.2, 0.25) is 0 Å². The Hall–Kier alpha value is -0.160. The number of nitrogens with zero attached hydrogens (tertiary/aromatic N) is 2. The summed E-state index contributed by atoms with van der Waals surface area (Å²) in [6.45, 7) is 7.72. The van der Waals surface area contributed by atoms with Crippen LogP contribution < -0.4 is 5.32 Å². The third-order valence-corrected chi connectivity index (χ3v) is 5.52. The highest BCUT2D eigenvalue weighted by atomic mass is 16.3. The molecule has 0 saturated heterocycles. The first-order chi connectivity index (χ1) is 9.93. The van der Waals surface area contributed by atoms with Crippen LogP contribution in [0.1, 0.15) is 52.4 Å². The van der Waals surface area contributed by atoms with Gasteiger partial charge in [-0.05, 0) is 72.8 Å². The molecule has 2 N–H and O–H groups in total. The van der Waals surface area contributed by atoms with Gasteiger partial charge in [-0.1, -0.05) is 13.8 Å².